The van der Waals surface area contributed by atoms with E-state index in [2.05, 4.69) is 53.5 Å². The number of nitrogens with zero attached hydrogens (tertiary/aromatic N) is 2. The number of carbonyl (C=O) groups excluding carboxylic acids is 1. The number of nitrogens with one attached hydrogen (secondary N) is 3. The molecule has 0 aliphatic rings. The first-order valence-corrected chi connectivity index (χ1v) is 8.46. The minimum Gasteiger partial charge on any atom is -0.357 e. The Morgan fingerprint density at radius 3 is 2.04 bits per heavy atom. The number of amides is 1. The van der Waals surface area contributed by atoms with E-state index in [0.717, 1.165) is 26.1 Å². The largest absolute Gasteiger partial charge is 0.357 e. The number of guanidine groups is 1. The zero-order valence-corrected chi connectivity index (χ0v) is 17.9. The van der Waals surface area contributed by atoms with Crippen molar-refractivity contribution in [1.82, 2.24) is 20.9 Å². The Bertz CT molecular complexity index is 326. The van der Waals surface area contributed by atoms with E-state index < -0.39 is 0 Å². The van der Waals surface area contributed by atoms with Crippen molar-refractivity contribution < 1.29 is 4.79 Å². The first kappa shape index (κ1) is 24.7. The van der Waals surface area contributed by atoms with Gasteiger partial charge in [0.05, 0.1) is 0 Å². The molecule has 0 rings (SSSR count). The molecule has 0 saturated carbocycles. The number of hydrogen-bond donors (Lipinski definition) is 3. The van der Waals surface area contributed by atoms with Crippen LogP contribution in [0, 0.1) is 0 Å². The molecule has 0 aromatic rings. The SMILES string of the molecule is CCNC(=O)CN=C(NCC)NCCCN(C(C)C)C(C)C.I. The van der Waals surface area contributed by atoms with Gasteiger partial charge in [0.1, 0.15) is 6.54 Å². The summed E-state index contributed by atoms with van der Waals surface area (Å²) in [6, 6.07) is 1.11. The van der Waals surface area contributed by atoms with Crippen LogP contribution in [0.1, 0.15) is 48.0 Å². The van der Waals surface area contributed by atoms with Crippen LogP contribution in [0.2, 0.25) is 0 Å². The molecule has 138 valence electrons. The molecule has 0 unspecified atom stereocenters. The summed E-state index contributed by atoms with van der Waals surface area (Å²) in [4.78, 5) is 18.2. The van der Waals surface area contributed by atoms with Gasteiger partial charge in [-0.3, -0.25) is 9.69 Å². The first-order chi connectivity index (χ1) is 10.4. The summed E-state index contributed by atoms with van der Waals surface area (Å²) in [5.74, 6) is 0.653. The zero-order valence-electron chi connectivity index (χ0n) is 15.6. The Morgan fingerprint density at radius 2 is 1.57 bits per heavy atom. The van der Waals surface area contributed by atoms with Crippen molar-refractivity contribution in [3.63, 3.8) is 0 Å². The molecule has 0 saturated heterocycles. The van der Waals surface area contributed by atoms with Gasteiger partial charge >= 0.3 is 0 Å². The molecule has 0 aliphatic heterocycles. The third-order valence-electron chi connectivity index (χ3n) is 3.31. The van der Waals surface area contributed by atoms with E-state index in [-0.39, 0.29) is 36.4 Å². The van der Waals surface area contributed by atoms with Gasteiger partial charge in [0.25, 0.3) is 0 Å². The van der Waals surface area contributed by atoms with E-state index in [1.54, 1.807) is 0 Å². The zero-order chi connectivity index (χ0) is 17.0. The van der Waals surface area contributed by atoms with E-state index in [4.69, 9.17) is 0 Å². The maximum Gasteiger partial charge on any atom is 0.241 e. The molecule has 0 spiro atoms. The normalized spacial score (nSPS) is 11.6. The van der Waals surface area contributed by atoms with Crippen LogP contribution in [0.3, 0.4) is 0 Å². The summed E-state index contributed by atoms with van der Waals surface area (Å²) in [5.41, 5.74) is 0. The highest BCUT2D eigenvalue weighted by atomic mass is 127. The van der Waals surface area contributed by atoms with Gasteiger partial charge in [-0.25, -0.2) is 4.99 Å². The third-order valence-corrected chi connectivity index (χ3v) is 3.31. The fraction of sp³-hybridized carbons (Fsp3) is 0.875. The molecule has 0 atom stereocenters. The Balaban J connectivity index is 0. The van der Waals surface area contributed by atoms with E-state index in [1.807, 2.05) is 13.8 Å². The number of rotatable bonds is 10. The molecule has 6 nitrogen and oxygen atoms in total. The smallest absolute Gasteiger partial charge is 0.241 e. The molecule has 0 aliphatic carbocycles. The lowest BCUT2D eigenvalue weighted by Gasteiger charge is -2.30. The second-order valence-electron chi connectivity index (χ2n) is 5.85. The van der Waals surface area contributed by atoms with Crippen LogP contribution in [0.5, 0.6) is 0 Å². The lowest BCUT2D eigenvalue weighted by Crippen LogP contribution is -2.41. The summed E-state index contributed by atoms with van der Waals surface area (Å²) >= 11 is 0. The number of hydrogen-bond acceptors (Lipinski definition) is 3. The van der Waals surface area contributed by atoms with Gasteiger partial charge in [0.2, 0.25) is 5.91 Å². The van der Waals surface area contributed by atoms with E-state index in [9.17, 15) is 4.79 Å². The van der Waals surface area contributed by atoms with Gasteiger partial charge < -0.3 is 16.0 Å². The Hall–Kier alpha value is -0.570. The van der Waals surface area contributed by atoms with E-state index in [1.165, 1.54) is 0 Å². The standard InChI is InChI=1S/C16H35N5O.HI/c1-7-17-15(22)12-20-16(18-8-2)19-10-9-11-21(13(3)4)14(5)6;/h13-14H,7-12H2,1-6H3,(H,17,22)(H2,18,19,20);1H. The van der Waals surface area contributed by atoms with Crippen molar-refractivity contribution in [3.05, 3.63) is 0 Å². The van der Waals surface area contributed by atoms with Crippen molar-refractivity contribution in [1.29, 1.82) is 0 Å². The number of aliphatic imine (C=N–C) groups is 1. The molecule has 0 aromatic heterocycles. The summed E-state index contributed by atoms with van der Waals surface area (Å²) in [7, 11) is 0. The summed E-state index contributed by atoms with van der Waals surface area (Å²) < 4.78 is 0. The van der Waals surface area contributed by atoms with Crippen molar-refractivity contribution in [2.75, 3.05) is 32.7 Å². The Kier molecular flexibility index (Phi) is 16.1. The van der Waals surface area contributed by atoms with Crippen LogP contribution in [-0.2, 0) is 4.79 Å². The predicted octanol–water partition coefficient (Wildman–Crippen LogP) is 1.80. The fourth-order valence-electron chi connectivity index (χ4n) is 2.33. The number of likely N-dealkylation sites (N-methyl/N-ethyl adjacent to an activating group) is 1. The van der Waals surface area contributed by atoms with Gasteiger partial charge in [-0.1, -0.05) is 0 Å². The molecular formula is C16H36IN5O. The van der Waals surface area contributed by atoms with Crippen LogP contribution in [-0.4, -0.2) is 61.6 Å². The minimum absolute atomic E-state index is 0. The van der Waals surface area contributed by atoms with Gasteiger partial charge in [0, 0.05) is 38.3 Å². The molecule has 7 heteroatoms. The summed E-state index contributed by atoms with van der Waals surface area (Å²) in [6.45, 7) is 16.3. The van der Waals surface area contributed by atoms with Gasteiger partial charge in [-0.05, 0) is 48.0 Å². The second-order valence-corrected chi connectivity index (χ2v) is 5.85. The van der Waals surface area contributed by atoms with Crippen LogP contribution < -0.4 is 16.0 Å². The lowest BCUT2D eigenvalue weighted by molar-refractivity contribution is -0.119. The van der Waals surface area contributed by atoms with Crippen LogP contribution in [0.4, 0.5) is 0 Å². The molecular weight excluding hydrogens is 405 g/mol. The van der Waals surface area contributed by atoms with E-state index in [0.29, 0.717) is 24.6 Å². The second kappa shape index (κ2) is 15.0. The first-order valence-electron chi connectivity index (χ1n) is 8.46. The Labute approximate surface area is 159 Å². The molecule has 3 N–H and O–H groups in total. The monoisotopic (exact) mass is 441 g/mol. The van der Waals surface area contributed by atoms with E-state index >= 15 is 0 Å². The third kappa shape index (κ3) is 12.5. The van der Waals surface area contributed by atoms with Crippen molar-refractivity contribution in [3.8, 4) is 0 Å². The number of halogens is 1. The van der Waals surface area contributed by atoms with Gasteiger partial charge in [-0.15, -0.1) is 24.0 Å². The van der Waals surface area contributed by atoms with Crippen LogP contribution in [0.15, 0.2) is 4.99 Å². The topological polar surface area (TPSA) is 68.8 Å². The minimum atomic E-state index is -0.0505. The molecule has 0 bridgehead atoms. The average Bonchev–Trinajstić information content (AvgIpc) is 2.43. The quantitative estimate of drug-likeness (QED) is 0.209. The fourth-order valence-corrected chi connectivity index (χ4v) is 2.33. The van der Waals surface area contributed by atoms with Gasteiger partial charge in [-0.2, -0.15) is 0 Å². The average molecular weight is 441 g/mol. The molecule has 0 heterocycles. The number of carbonyl (C=O) groups is 1. The van der Waals surface area contributed by atoms with Crippen LogP contribution in [0.25, 0.3) is 0 Å². The predicted molar refractivity (Wildman–Crippen MR) is 110 cm³/mol. The van der Waals surface area contributed by atoms with Crippen LogP contribution >= 0.6 is 24.0 Å². The molecule has 1 amide bonds. The molecule has 0 aromatic carbocycles. The van der Waals surface area contributed by atoms with Gasteiger partial charge in [0.15, 0.2) is 5.96 Å². The Morgan fingerprint density at radius 1 is 1.00 bits per heavy atom. The summed E-state index contributed by atoms with van der Waals surface area (Å²) in [6.07, 6.45) is 1.04. The van der Waals surface area contributed by atoms with Crippen molar-refractivity contribution >= 4 is 35.8 Å². The molecule has 0 fully saturated rings. The lowest BCUT2D eigenvalue weighted by atomic mass is 10.2. The highest BCUT2D eigenvalue weighted by molar-refractivity contribution is 14.0. The summed E-state index contributed by atoms with van der Waals surface area (Å²) in [5, 5.41) is 9.18. The highest BCUT2D eigenvalue weighted by Gasteiger charge is 2.12. The highest BCUT2D eigenvalue weighted by Crippen LogP contribution is 2.05. The van der Waals surface area contributed by atoms with Crippen molar-refractivity contribution in [2.45, 2.75) is 60.0 Å². The molecule has 23 heavy (non-hydrogen) atoms. The maximum atomic E-state index is 11.4. The maximum absolute atomic E-state index is 11.4. The van der Waals surface area contributed by atoms with Crippen molar-refractivity contribution in [2.24, 2.45) is 4.99 Å². The molecule has 0 radical (unpaired) electrons.